The first-order valence-corrected chi connectivity index (χ1v) is 8.05. The van der Waals surface area contributed by atoms with Crippen molar-refractivity contribution in [3.8, 4) is 5.75 Å². The Bertz CT molecular complexity index is 409. The van der Waals surface area contributed by atoms with Crippen LogP contribution in [0.5, 0.6) is 5.75 Å². The number of nitrogens with one attached hydrogen (secondary N) is 2. The SMILES string of the molecule is CCCCCCOc1ccc(NC(=O)N[C@H](C)CCl)cc1. The average Bonchev–Trinajstić information content (AvgIpc) is 2.48. The number of amides is 2. The zero-order chi connectivity index (χ0) is 15.5. The van der Waals surface area contributed by atoms with Gasteiger partial charge in [0.15, 0.2) is 0 Å². The number of rotatable bonds is 9. The molecule has 0 spiro atoms. The summed E-state index contributed by atoms with van der Waals surface area (Å²) >= 11 is 5.64. The molecule has 0 fully saturated rings. The van der Waals surface area contributed by atoms with Gasteiger partial charge in [-0.25, -0.2) is 4.79 Å². The number of carbonyl (C=O) groups is 1. The van der Waals surface area contributed by atoms with Gasteiger partial charge in [0.2, 0.25) is 0 Å². The Hall–Kier alpha value is -1.42. The second-order valence-corrected chi connectivity index (χ2v) is 5.40. The van der Waals surface area contributed by atoms with Gasteiger partial charge < -0.3 is 15.4 Å². The highest BCUT2D eigenvalue weighted by Crippen LogP contribution is 2.16. The lowest BCUT2D eigenvalue weighted by Gasteiger charge is -2.12. The predicted molar refractivity (Wildman–Crippen MR) is 88.4 cm³/mol. The van der Waals surface area contributed by atoms with Gasteiger partial charge in [0.1, 0.15) is 5.75 Å². The van der Waals surface area contributed by atoms with Gasteiger partial charge in [-0.15, -0.1) is 11.6 Å². The van der Waals surface area contributed by atoms with Gasteiger partial charge in [-0.1, -0.05) is 26.2 Å². The van der Waals surface area contributed by atoms with Crippen molar-refractivity contribution in [3.05, 3.63) is 24.3 Å². The number of benzene rings is 1. The summed E-state index contributed by atoms with van der Waals surface area (Å²) in [4.78, 5) is 11.6. The molecule has 2 amide bonds. The molecule has 2 N–H and O–H groups in total. The molecule has 1 aromatic rings. The van der Waals surface area contributed by atoms with Crippen LogP contribution < -0.4 is 15.4 Å². The number of hydrogen-bond donors (Lipinski definition) is 2. The van der Waals surface area contributed by atoms with E-state index in [9.17, 15) is 4.79 Å². The molecule has 5 heteroatoms. The maximum absolute atomic E-state index is 11.6. The van der Waals surface area contributed by atoms with E-state index in [1.807, 2.05) is 31.2 Å². The molecule has 21 heavy (non-hydrogen) atoms. The maximum atomic E-state index is 11.6. The van der Waals surface area contributed by atoms with Gasteiger partial charge in [0.25, 0.3) is 0 Å². The third kappa shape index (κ3) is 7.81. The summed E-state index contributed by atoms with van der Waals surface area (Å²) in [5.41, 5.74) is 0.729. The Morgan fingerprint density at radius 2 is 1.95 bits per heavy atom. The summed E-state index contributed by atoms with van der Waals surface area (Å²) in [6.07, 6.45) is 4.76. The quantitative estimate of drug-likeness (QED) is 0.524. The topological polar surface area (TPSA) is 50.4 Å². The number of ether oxygens (including phenoxy) is 1. The molecular weight excluding hydrogens is 288 g/mol. The molecule has 0 aliphatic carbocycles. The van der Waals surface area contributed by atoms with Gasteiger partial charge in [0.05, 0.1) is 6.61 Å². The standard InChI is InChI=1S/C16H25ClN2O2/c1-3-4-5-6-11-21-15-9-7-14(8-10-15)19-16(20)18-13(2)12-17/h7-10,13H,3-6,11-12H2,1-2H3,(H2,18,19,20)/t13-/m1/s1. The van der Waals surface area contributed by atoms with Crippen LogP contribution in [0.15, 0.2) is 24.3 Å². The van der Waals surface area contributed by atoms with Crippen LogP contribution in [0.2, 0.25) is 0 Å². The van der Waals surface area contributed by atoms with Crippen LogP contribution in [0.1, 0.15) is 39.5 Å². The number of carbonyl (C=O) groups excluding carboxylic acids is 1. The lowest BCUT2D eigenvalue weighted by atomic mass is 10.2. The highest BCUT2D eigenvalue weighted by Gasteiger charge is 2.06. The second-order valence-electron chi connectivity index (χ2n) is 5.09. The fourth-order valence-corrected chi connectivity index (χ4v) is 1.86. The molecule has 1 rings (SSSR count). The summed E-state index contributed by atoms with van der Waals surface area (Å²) in [5, 5.41) is 5.49. The van der Waals surface area contributed by atoms with E-state index >= 15 is 0 Å². The molecule has 0 heterocycles. The minimum Gasteiger partial charge on any atom is -0.494 e. The molecule has 0 aliphatic heterocycles. The Morgan fingerprint density at radius 3 is 2.57 bits per heavy atom. The number of urea groups is 1. The van der Waals surface area contributed by atoms with Crippen LogP contribution in [0.3, 0.4) is 0 Å². The largest absolute Gasteiger partial charge is 0.494 e. The van der Waals surface area contributed by atoms with E-state index in [-0.39, 0.29) is 12.1 Å². The molecule has 4 nitrogen and oxygen atoms in total. The first-order chi connectivity index (χ1) is 10.2. The molecular formula is C16H25ClN2O2. The summed E-state index contributed by atoms with van der Waals surface area (Å²) < 4.78 is 5.65. The molecule has 0 radical (unpaired) electrons. The number of halogens is 1. The Balaban J connectivity index is 2.31. The summed E-state index contributed by atoms with van der Waals surface area (Å²) in [5.74, 6) is 1.21. The van der Waals surface area contributed by atoms with E-state index in [0.717, 1.165) is 24.5 Å². The Labute approximate surface area is 132 Å². The molecule has 0 aliphatic rings. The second kappa shape index (κ2) is 10.3. The van der Waals surface area contributed by atoms with Gasteiger partial charge in [-0.2, -0.15) is 0 Å². The van der Waals surface area contributed by atoms with Crippen molar-refractivity contribution in [1.29, 1.82) is 0 Å². The van der Waals surface area contributed by atoms with Crippen molar-refractivity contribution < 1.29 is 9.53 Å². The van der Waals surface area contributed by atoms with Crippen LogP contribution in [-0.2, 0) is 0 Å². The van der Waals surface area contributed by atoms with E-state index in [4.69, 9.17) is 16.3 Å². The molecule has 1 aromatic carbocycles. The molecule has 118 valence electrons. The first kappa shape index (κ1) is 17.6. The van der Waals surface area contributed by atoms with E-state index in [0.29, 0.717) is 5.88 Å². The fraction of sp³-hybridized carbons (Fsp3) is 0.562. The molecule has 0 unspecified atom stereocenters. The van der Waals surface area contributed by atoms with E-state index in [1.165, 1.54) is 19.3 Å². The van der Waals surface area contributed by atoms with Crippen LogP contribution in [0, 0.1) is 0 Å². The molecule has 0 bridgehead atoms. The highest BCUT2D eigenvalue weighted by atomic mass is 35.5. The van der Waals surface area contributed by atoms with Crippen molar-refractivity contribution >= 4 is 23.3 Å². The van der Waals surface area contributed by atoms with Crippen LogP contribution >= 0.6 is 11.6 Å². The number of hydrogen-bond acceptors (Lipinski definition) is 2. The third-order valence-corrected chi connectivity index (χ3v) is 3.45. The van der Waals surface area contributed by atoms with Crippen LogP contribution in [0.25, 0.3) is 0 Å². The van der Waals surface area contributed by atoms with Crippen molar-refractivity contribution in [2.24, 2.45) is 0 Å². The zero-order valence-electron chi connectivity index (χ0n) is 12.8. The van der Waals surface area contributed by atoms with Crippen LogP contribution in [0.4, 0.5) is 10.5 Å². The minimum atomic E-state index is -0.253. The normalized spacial score (nSPS) is 11.8. The number of unbranched alkanes of at least 4 members (excludes halogenated alkanes) is 3. The van der Waals surface area contributed by atoms with Gasteiger partial charge in [-0.3, -0.25) is 0 Å². The predicted octanol–water partition coefficient (Wildman–Crippen LogP) is 4.39. The lowest BCUT2D eigenvalue weighted by Crippen LogP contribution is -2.37. The summed E-state index contributed by atoms with van der Waals surface area (Å²) in [6, 6.07) is 7.06. The molecule has 1 atom stereocenters. The smallest absolute Gasteiger partial charge is 0.319 e. The zero-order valence-corrected chi connectivity index (χ0v) is 13.6. The fourth-order valence-electron chi connectivity index (χ4n) is 1.78. The van der Waals surface area contributed by atoms with Crippen molar-refractivity contribution in [2.75, 3.05) is 17.8 Å². The highest BCUT2D eigenvalue weighted by molar-refractivity contribution is 6.18. The monoisotopic (exact) mass is 312 g/mol. The van der Waals surface area contributed by atoms with Crippen LogP contribution in [-0.4, -0.2) is 24.6 Å². The first-order valence-electron chi connectivity index (χ1n) is 7.52. The Kier molecular flexibility index (Phi) is 8.67. The van der Waals surface area contributed by atoms with E-state index in [1.54, 1.807) is 0 Å². The average molecular weight is 313 g/mol. The van der Waals surface area contributed by atoms with E-state index < -0.39 is 0 Å². The third-order valence-electron chi connectivity index (χ3n) is 2.99. The van der Waals surface area contributed by atoms with Gasteiger partial charge in [0, 0.05) is 17.6 Å². The lowest BCUT2D eigenvalue weighted by molar-refractivity contribution is 0.250. The van der Waals surface area contributed by atoms with Crippen molar-refractivity contribution in [1.82, 2.24) is 5.32 Å². The van der Waals surface area contributed by atoms with Gasteiger partial charge >= 0.3 is 6.03 Å². The summed E-state index contributed by atoms with van der Waals surface area (Å²) in [7, 11) is 0. The minimum absolute atomic E-state index is 0.0580. The number of anilines is 1. The number of alkyl halides is 1. The molecule has 0 saturated heterocycles. The summed E-state index contributed by atoms with van der Waals surface area (Å²) in [6.45, 7) is 4.78. The Morgan fingerprint density at radius 1 is 1.24 bits per heavy atom. The van der Waals surface area contributed by atoms with Crippen molar-refractivity contribution in [3.63, 3.8) is 0 Å². The molecule has 0 saturated carbocycles. The van der Waals surface area contributed by atoms with Gasteiger partial charge in [-0.05, 0) is 37.6 Å². The maximum Gasteiger partial charge on any atom is 0.319 e. The molecule has 0 aromatic heterocycles. The van der Waals surface area contributed by atoms with Crippen molar-refractivity contribution in [2.45, 2.75) is 45.6 Å². The van der Waals surface area contributed by atoms with E-state index in [2.05, 4.69) is 17.6 Å².